The van der Waals surface area contributed by atoms with Crippen molar-refractivity contribution in [1.82, 2.24) is 4.90 Å². The van der Waals surface area contributed by atoms with Crippen LogP contribution in [0.4, 0.5) is 0 Å². The van der Waals surface area contributed by atoms with Crippen LogP contribution >= 0.6 is 0 Å². The fourth-order valence-electron chi connectivity index (χ4n) is 2.42. The summed E-state index contributed by atoms with van der Waals surface area (Å²) in [6, 6.07) is 12.2. The predicted octanol–water partition coefficient (Wildman–Crippen LogP) is 2.82. The van der Waals surface area contributed by atoms with Gasteiger partial charge in [-0.05, 0) is 48.0 Å². The summed E-state index contributed by atoms with van der Waals surface area (Å²) in [7, 11) is 3.34. The van der Waals surface area contributed by atoms with Crippen molar-refractivity contribution in [3.63, 3.8) is 0 Å². The molecule has 0 bridgehead atoms. The van der Waals surface area contributed by atoms with Crippen LogP contribution in [0.3, 0.4) is 0 Å². The van der Waals surface area contributed by atoms with E-state index in [2.05, 4.69) is 0 Å². The van der Waals surface area contributed by atoms with Gasteiger partial charge in [0.1, 0.15) is 19.0 Å². The van der Waals surface area contributed by atoms with Crippen LogP contribution < -0.4 is 14.2 Å². The summed E-state index contributed by atoms with van der Waals surface area (Å²) in [5, 5.41) is 0. The Bertz CT molecular complexity index is 855. The second-order valence-corrected chi connectivity index (χ2v) is 6.20. The molecule has 3 rings (SSSR count). The SMILES string of the molecule is CN(C)C(=O)COc1ccc(C(=O)/C=C/c2ccc3c(c2)OCCO3)cc1. The van der Waals surface area contributed by atoms with E-state index in [0.29, 0.717) is 36.0 Å². The zero-order valence-electron chi connectivity index (χ0n) is 15.3. The monoisotopic (exact) mass is 367 g/mol. The molecule has 1 heterocycles. The van der Waals surface area contributed by atoms with E-state index in [1.165, 1.54) is 11.0 Å². The zero-order valence-corrected chi connectivity index (χ0v) is 15.3. The van der Waals surface area contributed by atoms with Crippen molar-refractivity contribution in [2.45, 2.75) is 0 Å². The summed E-state index contributed by atoms with van der Waals surface area (Å²) in [5.41, 5.74) is 1.39. The maximum absolute atomic E-state index is 12.3. The Labute approximate surface area is 158 Å². The van der Waals surface area contributed by atoms with E-state index in [1.54, 1.807) is 44.4 Å². The maximum Gasteiger partial charge on any atom is 0.259 e. The van der Waals surface area contributed by atoms with E-state index in [4.69, 9.17) is 14.2 Å². The van der Waals surface area contributed by atoms with Crippen LogP contribution in [0.1, 0.15) is 15.9 Å². The number of hydrogen-bond acceptors (Lipinski definition) is 5. The van der Waals surface area contributed by atoms with Crippen molar-refractivity contribution in [2.24, 2.45) is 0 Å². The number of fused-ring (bicyclic) bond motifs is 1. The summed E-state index contributed by atoms with van der Waals surface area (Å²) >= 11 is 0. The van der Waals surface area contributed by atoms with E-state index < -0.39 is 0 Å². The van der Waals surface area contributed by atoms with Crippen LogP contribution in [0.25, 0.3) is 6.08 Å². The molecule has 0 N–H and O–H groups in total. The molecule has 2 aromatic carbocycles. The van der Waals surface area contributed by atoms with Crippen molar-refractivity contribution in [2.75, 3.05) is 33.9 Å². The number of allylic oxidation sites excluding steroid dienone is 1. The third kappa shape index (κ3) is 4.88. The number of likely N-dealkylation sites (N-methyl/N-ethyl adjacent to an activating group) is 1. The highest BCUT2D eigenvalue weighted by molar-refractivity contribution is 6.06. The molecule has 1 amide bonds. The number of carbonyl (C=O) groups excluding carboxylic acids is 2. The van der Waals surface area contributed by atoms with Gasteiger partial charge in [0.2, 0.25) is 0 Å². The Morgan fingerprint density at radius 1 is 1.04 bits per heavy atom. The minimum absolute atomic E-state index is 0.0374. The molecule has 6 nitrogen and oxygen atoms in total. The van der Waals surface area contributed by atoms with Gasteiger partial charge in [-0.1, -0.05) is 12.1 Å². The Morgan fingerprint density at radius 2 is 1.74 bits per heavy atom. The summed E-state index contributed by atoms with van der Waals surface area (Å²) in [6.07, 6.45) is 3.25. The molecule has 1 aliphatic rings. The molecule has 0 spiro atoms. The average Bonchev–Trinajstić information content (AvgIpc) is 2.70. The van der Waals surface area contributed by atoms with Gasteiger partial charge in [-0.2, -0.15) is 0 Å². The van der Waals surface area contributed by atoms with E-state index in [1.807, 2.05) is 18.2 Å². The van der Waals surface area contributed by atoms with Gasteiger partial charge < -0.3 is 19.1 Å². The normalized spacial score (nSPS) is 12.7. The van der Waals surface area contributed by atoms with Gasteiger partial charge >= 0.3 is 0 Å². The van der Waals surface area contributed by atoms with Crippen molar-refractivity contribution < 1.29 is 23.8 Å². The Morgan fingerprint density at radius 3 is 2.44 bits per heavy atom. The Kier molecular flexibility index (Phi) is 5.76. The lowest BCUT2D eigenvalue weighted by molar-refractivity contribution is -0.130. The molecule has 0 atom stereocenters. The minimum atomic E-state index is -0.127. The number of ether oxygens (including phenoxy) is 3. The minimum Gasteiger partial charge on any atom is -0.486 e. The van der Waals surface area contributed by atoms with Crippen molar-refractivity contribution >= 4 is 17.8 Å². The molecule has 0 saturated heterocycles. The third-order valence-corrected chi connectivity index (χ3v) is 3.99. The first kappa shape index (κ1) is 18.5. The van der Waals surface area contributed by atoms with Gasteiger partial charge in [-0.3, -0.25) is 9.59 Å². The number of hydrogen-bond donors (Lipinski definition) is 0. The second kappa shape index (κ2) is 8.40. The second-order valence-electron chi connectivity index (χ2n) is 6.20. The van der Waals surface area contributed by atoms with E-state index in [-0.39, 0.29) is 18.3 Å². The lowest BCUT2D eigenvalue weighted by Crippen LogP contribution is -2.27. The molecule has 1 aliphatic heterocycles. The average molecular weight is 367 g/mol. The van der Waals surface area contributed by atoms with Gasteiger partial charge in [0, 0.05) is 19.7 Å². The molecule has 0 fully saturated rings. The number of benzene rings is 2. The number of carbonyl (C=O) groups is 2. The van der Waals surface area contributed by atoms with Crippen molar-refractivity contribution in [1.29, 1.82) is 0 Å². The first-order valence-electron chi connectivity index (χ1n) is 8.58. The Hall–Kier alpha value is -3.28. The van der Waals surface area contributed by atoms with Gasteiger partial charge in [0.05, 0.1) is 0 Å². The van der Waals surface area contributed by atoms with Crippen LogP contribution in [-0.2, 0) is 4.79 Å². The maximum atomic E-state index is 12.3. The highest BCUT2D eigenvalue weighted by Crippen LogP contribution is 2.31. The lowest BCUT2D eigenvalue weighted by Gasteiger charge is -2.18. The third-order valence-electron chi connectivity index (χ3n) is 3.99. The first-order chi connectivity index (χ1) is 13.0. The standard InChI is InChI=1S/C21H21NO5/c1-22(2)21(24)14-27-17-7-5-16(6-8-17)18(23)9-3-15-4-10-19-20(13-15)26-12-11-25-19/h3-10,13H,11-12,14H2,1-2H3/b9-3+. The molecule has 0 aromatic heterocycles. The fourth-order valence-corrected chi connectivity index (χ4v) is 2.42. The summed E-state index contributed by atoms with van der Waals surface area (Å²) in [4.78, 5) is 25.3. The predicted molar refractivity (Wildman–Crippen MR) is 101 cm³/mol. The van der Waals surface area contributed by atoms with Gasteiger partial charge in [-0.15, -0.1) is 0 Å². The first-order valence-corrected chi connectivity index (χ1v) is 8.58. The van der Waals surface area contributed by atoms with Crippen molar-refractivity contribution in [3.8, 4) is 17.2 Å². The Balaban J connectivity index is 1.60. The summed E-state index contributed by atoms with van der Waals surface area (Å²) < 4.78 is 16.4. The van der Waals surface area contributed by atoms with Crippen LogP contribution in [0, 0.1) is 0 Å². The molecule has 2 aromatic rings. The number of nitrogens with zero attached hydrogens (tertiary/aromatic N) is 1. The summed E-state index contributed by atoms with van der Waals surface area (Å²) in [5.74, 6) is 1.69. The molecule has 0 saturated carbocycles. The van der Waals surface area contributed by atoms with E-state index in [0.717, 1.165) is 5.56 Å². The van der Waals surface area contributed by atoms with Crippen LogP contribution in [0.2, 0.25) is 0 Å². The molecular weight excluding hydrogens is 346 g/mol. The molecule has 6 heteroatoms. The lowest BCUT2D eigenvalue weighted by atomic mass is 10.1. The van der Waals surface area contributed by atoms with Crippen molar-refractivity contribution in [3.05, 3.63) is 59.7 Å². The molecule has 0 radical (unpaired) electrons. The van der Waals surface area contributed by atoms with Crippen LogP contribution in [-0.4, -0.2) is 50.5 Å². The molecule has 27 heavy (non-hydrogen) atoms. The fraction of sp³-hybridized carbons (Fsp3) is 0.238. The quantitative estimate of drug-likeness (QED) is 0.580. The number of ketones is 1. The highest BCUT2D eigenvalue weighted by atomic mass is 16.6. The molecule has 0 unspecified atom stereocenters. The molecule has 0 aliphatic carbocycles. The van der Waals surface area contributed by atoms with Gasteiger partial charge in [0.25, 0.3) is 5.91 Å². The number of rotatable bonds is 6. The smallest absolute Gasteiger partial charge is 0.259 e. The van der Waals surface area contributed by atoms with Crippen LogP contribution in [0.15, 0.2) is 48.5 Å². The van der Waals surface area contributed by atoms with E-state index >= 15 is 0 Å². The van der Waals surface area contributed by atoms with E-state index in [9.17, 15) is 9.59 Å². The summed E-state index contributed by atoms with van der Waals surface area (Å²) in [6.45, 7) is 1.03. The number of amides is 1. The van der Waals surface area contributed by atoms with Crippen LogP contribution in [0.5, 0.6) is 17.2 Å². The zero-order chi connectivity index (χ0) is 19.2. The largest absolute Gasteiger partial charge is 0.486 e. The molecular formula is C21H21NO5. The molecule has 140 valence electrons. The highest BCUT2D eigenvalue weighted by Gasteiger charge is 2.11. The van der Waals surface area contributed by atoms with Gasteiger partial charge in [-0.25, -0.2) is 0 Å². The topological polar surface area (TPSA) is 65.1 Å². The van der Waals surface area contributed by atoms with Gasteiger partial charge in [0.15, 0.2) is 23.9 Å².